The highest BCUT2D eigenvalue weighted by Gasteiger charge is 2.01. The lowest BCUT2D eigenvalue weighted by Gasteiger charge is -2.20. The van der Waals surface area contributed by atoms with Gasteiger partial charge >= 0.3 is 0 Å². The molecule has 0 saturated carbocycles. The Morgan fingerprint density at radius 3 is 3.00 bits per heavy atom. The van der Waals surface area contributed by atoms with Crippen LogP contribution in [0.3, 0.4) is 0 Å². The standard InChI is InChI=1S/C13H18N2/c1-2-3-6-9-15-10-12-7-4-5-8-13(12)14-11-15/h4-5,7-8,10H,2-3,6,9,11H2,1H3. The van der Waals surface area contributed by atoms with Crippen LogP contribution in [0.25, 0.3) is 6.20 Å². The predicted octanol–water partition coefficient (Wildman–Crippen LogP) is 1.51. The van der Waals surface area contributed by atoms with Crippen LogP contribution in [0.2, 0.25) is 0 Å². The first-order valence-electron chi connectivity index (χ1n) is 5.75. The average Bonchev–Trinajstić information content (AvgIpc) is 2.29. The van der Waals surface area contributed by atoms with Crippen molar-refractivity contribution in [2.45, 2.75) is 26.2 Å². The molecule has 0 aliphatic carbocycles. The largest absolute Gasteiger partial charge is 0.358 e. The van der Waals surface area contributed by atoms with E-state index in [1.807, 2.05) is 6.07 Å². The molecule has 2 rings (SSSR count). The maximum absolute atomic E-state index is 4.55. The number of fused-ring (bicyclic) bond motifs is 1. The third-order valence-electron chi connectivity index (χ3n) is 2.73. The van der Waals surface area contributed by atoms with Crippen LogP contribution in [0, 0.1) is 0 Å². The summed E-state index contributed by atoms with van der Waals surface area (Å²) in [7, 11) is 0. The van der Waals surface area contributed by atoms with Gasteiger partial charge in [0.15, 0.2) is 0 Å². The minimum absolute atomic E-state index is 0.820. The van der Waals surface area contributed by atoms with Crippen LogP contribution >= 0.6 is 0 Å². The zero-order valence-electron chi connectivity index (χ0n) is 9.32. The van der Waals surface area contributed by atoms with Gasteiger partial charge < -0.3 is 4.90 Å². The summed E-state index contributed by atoms with van der Waals surface area (Å²) < 4.78 is 0. The molecule has 0 N–H and O–H groups in total. The number of benzene rings is 1. The van der Waals surface area contributed by atoms with Gasteiger partial charge in [-0.15, -0.1) is 0 Å². The van der Waals surface area contributed by atoms with E-state index >= 15 is 0 Å². The van der Waals surface area contributed by atoms with Gasteiger partial charge in [-0.25, -0.2) is 0 Å². The SMILES string of the molecule is CCCCCN1C=c2ccccc2=NC1. The van der Waals surface area contributed by atoms with Crippen molar-refractivity contribution < 1.29 is 0 Å². The number of unbranched alkanes of at least 4 members (excludes halogenated alkanes) is 2. The van der Waals surface area contributed by atoms with Crippen molar-refractivity contribution in [2.24, 2.45) is 4.99 Å². The number of rotatable bonds is 4. The first-order chi connectivity index (χ1) is 7.40. The smallest absolute Gasteiger partial charge is 0.110 e. The van der Waals surface area contributed by atoms with E-state index in [1.54, 1.807) is 0 Å². The van der Waals surface area contributed by atoms with E-state index in [1.165, 1.54) is 24.5 Å². The minimum Gasteiger partial charge on any atom is -0.358 e. The Hall–Kier alpha value is -1.31. The van der Waals surface area contributed by atoms with Gasteiger partial charge in [-0.1, -0.05) is 38.0 Å². The molecular formula is C13H18N2. The molecule has 2 heteroatoms. The van der Waals surface area contributed by atoms with E-state index in [-0.39, 0.29) is 0 Å². The zero-order chi connectivity index (χ0) is 10.5. The van der Waals surface area contributed by atoms with E-state index in [2.05, 4.69) is 41.2 Å². The van der Waals surface area contributed by atoms with Crippen molar-refractivity contribution >= 4 is 6.20 Å². The van der Waals surface area contributed by atoms with Gasteiger partial charge in [0.1, 0.15) is 6.67 Å². The van der Waals surface area contributed by atoms with E-state index in [0.29, 0.717) is 0 Å². The van der Waals surface area contributed by atoms with E-state index < -0.39 is 0 Å². The molecular weight excluding hydrogens is 184 g/mol. The third-order valence-corrected chi connectivity index (χ3v) is 2.73. The van der Waals surface area contributed by atoms with Crippen LogP contribution in [0.4, 0.5) is 0 Å². The molecule has 0 atom stereocenters. The number of hydrogen-bond acceptors (Lipinski definition) is 2. The van der Waals surface area contributed by atoms with Crippen molar-refractivity contribution in [1.82, 2.24) is 4.90 Å². The molecule has 0 fully saturated rings. The van der Waals surface area contributed by atoms with Crippen molar-refractivity contribution in [1.29, 1.82) is 0 Å². The number of hydrogen-bond donors (Lipinski definition) is 0. The van der Waals surface area contributed by atoms with Crippen LogP contribution in [0.5, 0.6) is 0 Å². The minimum atomic E-state index is 0.820. The summed E-state index contributed by atoms with van der Waals surface area (Å²) in [5.74, 6) is 0. The maximum Gasteiger partial charge on any atom is 0.110 e. The van der Waals surface area contributed by atoms with Crippen molar-refractivity contribution in [3.05, 3.63) is 34.8 Å². The van der Waals surface area contributed by atoms with Gasteiger partial charge in [0.2, 0.25) is 0 Å². The van der Waals surface area contributed by atoms with Crippen molar-refractivity contribution in [3.8, 4) is 0 Å². The lowest BCUT2D eigenvalue weighted by molar-refractivity contribution is 0.398. The topological polar surface area (TPSA) is 15.6 Å². The van der Waals surface area contributed by atoms with Gasteiger partial charge in [-0.05, 0) is 12.5 Å². The quantitative estimate of drug-likeness (QED) is 0.676. The Labute approximate surface area is 90.9 Å². The summed E-state index contributed by atoms with van der Waals surface area (Å²) in [6, 6.07) is 8.32. The zero-order valence-corrected chi connectivity index (χ0v) is 9.32. The predicted molar refractivity (Wildman–Crippen MR) is 62.8 cm³/mol. The Bertz CT molecular complexity index is 422. The molecule has 1 aliphatic rings. The molecule has 0 saturated heterocycles. The monoisotopic (exact) mass is 202 g/mol. The Morgan fingerprint density at radius 1 is 1.27 bits per heavy atom. The number of nitrogens with zero attached hydrogens (tertiary/aromatic N) is 2. The van der Waals surface area contributed by atoms with Gasteiger partial charge in [0.25, 0.3) is 0 Å². The molecule has 1 aromatic carbocycles. The fourth-order valence-electron chi connectivity index (χ4n) is 1.85. The first-order valence-corrected chi connectivity index (χ1v) is 5.75. The molecule has 1 heterocycles. The van der Waals surface area contributed by atoms with Crippen LogP contribution in [-0.4, -0.2) is 18.1 Å². The number of para-hydroxylation sites is 1. The Morgan fingerprint density at radius 2 is 2.13 bits per heavy atom. The first kappa shape index (κ1) is 10.2. The van der Waals surface area contributed by atoms with Gasteiger partial charge in [0.05, 0.1) is 5.36 Å². The molecule has 1 aliphatic heterocycles. The molecule has 0 radical (unpaired) electrons. The second-order valence-corrected chi connectivity index (χ2v) is 4.01. The molecule has 80 valence electrons. The molecule has 15 heavy (non-hydrogen) atoms. The molecule has 1 aromatic rings. The highest BCUT2D eigenvalue weighted by Crippen LogP contribution is 2.00. The maximum atomic E-state index is 4.55. The third kappa shape index (κ3) is 2.58. The molecule has 0 bridgehead atoms. The Kier molecular flexibility index (Phi) is 3.38. The van der Waals surface area contributed by atoms with Gasteiger partial charge in [0, 0.05) is 18.0 Å². The molecule has 2 nitrogen and oxygen atoms in total. The normalized spacial score (nSPS) is 14.1. The summed E-state index contributed by atoms with van der Waals surface area (Å²) in [5, 5.41) is 2.38. The van der Waals surface area contributed by atoms with E-state index in [9.17, 15) is 0 Å². The summed E-state index contributed by atoms with van der Waals surface area (Å²) in [4.78, 5) is 6.85. The summed E-state index contributed by atoms with van der Waals surface area (Å²) in [5.41, 5.74) is 0. The highest BCUT2D eigenvalue weighted by molar-refractivity contribution is 5.23. The van der Waals surface area contributed by atoms with Crippen LogP contribution in [0.1, 0.15) is 26.2 Å². The second-order valence-electron chi connectivity index (χ2n) is 4.01. The molecule has 0 unspecified atom stereocenters. The van der Waals surface area contributed by atoms with Crippen molar-refractivity contribution in [2.75, 3.05) is 13.2 Å². The van der Waals surface area contributed by atoms with Crippen LogP contribution in [-0.2, 0) is 0 Å². The summed E-state index contributed by atoms with van der Waals surface area (Å²) in [6.07, 6.45) is 6.09. The fourth-order valence-corrected chi connectivity index (χ4v) is 1.85. The second kappa shape index (κ2) is 4.96. The summed E-state index contributed by atoms with van der Waals surface area (Å²) >= 11 is 0. The molecule has 0 aromatic heterocycles. The highest BCUT2D eigenvalue weighted by atomic mass is 15.2. The average molecular weight is 202 g/mol. The van der Waals surface area contributed by atoms with Crippen LogP contribution < -0.4 is 10.6 Å². The van der Waals surface area contributed by atoms with Crippen LogP contribution in [0.15, 0.2) is 29.3 Å². The molecule has 0 amide bonds. The van der Waals surface area contributed by atoms with Gasteiger partial charge in [-0.2, -0.15) is 0 Å². The molecule has 0 spiro atoms. The van der Waals surface area contributed by atoms with Crippen molar-refractivity contribution in [3.63, 3.8) is 0 Å². The van der Waals surface area contributed by atoms with E-state index in [0.717, 1.165) is 18.6 Å². The summed E-state index contributed by atoms with van der Waals surface area (Å²) in [6.45, 7) is 4.19. The fraction of sp³-hybridized carbons (Fsp3) is 0.462. The lowest BCUT2D eigenvalue weighted by Crippen LogP contribution is -2.35. The Balaban J connectivity index is 2.06. The van der Waals surface area contributed by atoms with Gasteiger partial charge in [-0.3, -0.25) is 4.99 Å². The van der Waals surface area contributed by atoms with E-state index in [4.69, 9.17) is 0 Å². The lowest BCUT2D eigenvalue weighted by atomic mass is 10.2.